The molecule has 2 fully saturated rings. The number of ketones is 1. The number of alkyl halides is 1. The van der Waals surface area contributed by atoms with Crippen LogP contribution in [-0.4, -0.2) is 148 Å². The molecule has 0 saturated carbocycles. The van der Waals surface area contributed by atoms with Gasteiger partial charge in [0.15, 0.2) is 11.4 Å². The number of aromatic nitrogens is 7. The number of Topliss-reactive ketones (excluding diaryl/α,β-unsaturated/α-hetero) is 1. The number of carbonyl (C=O) groups is 1. The number of nitrogens with two attached hydrogens (primary N) is 2. The number of aliphatic hydroxyl groups is 1. The fraction of sp³-hybridized carbons (Fsp3) is 0.378. The number of unbranched alkanes of at least 4 members (excludes halogenated alkanes) is 7. The molecule has 0 amide bonds. The number of nitrogens with zero attached hydrogens (tertiary/aromatic N) is 7. The van der Waals surface area contributed by atoms with E-state index in [0.29, 0.717) is 85.2 Å². The molecule has 2 aliphatic heterocycles. The molecule has 0 atom stereocenters. The molecule has 0 spiro atoms. The number of nitrogen functional groups attached to an aromatic ring is 2. The lowest BCUT2D eigenvalue weighted by atomic mass is 9.79. The lowest BCUT2D eigenvalue weighted by Gasteiger charge is -2.32. The van der Waals surface area contributed by atoms with Gasteiger partial charge in [-0.3, -0.25) is 9.20 Å². The number of aromatic hydroxyl groups is 3. The molecule has 6 heterocycles. The van der Waals surface area contributed by atoms with Crippen molar-refractivity contribution in [1.29, 1.82) is 0 Å². The number of phenolic OH excluding ortho intramolecular Hbond substituents is 2. The van der Waals surface area contributed by atoms with Crippen molar-refractivity contribution in [3.8, 4) is 57.1 Å². The highest BCUT2D eigenvalue weighted by atomic mass is 79.9. The van der Waals surface area contributed by atoms with E-state index in [1.165, 1.54) is 67.0 Å². The molecular formula is C111H139B2Br2N9O14. The minimum atomic E-state index is -0.730. The van der Waals surface area contributed by atoms with E-state index < -0.39 is 6.29 Å². The summed E-state index contributed by atoms with van der Waals surface area (Å²) in [5.41, 5.74) is 26.0. The Hall–Kier alpha value is -11.4. The van der Waals surface area contributed by atoms with Crippen LogP contribution in [0.2, 0.25) is 0 Å². The summed E-state index contributed by atoms with van der Waals surface area (Å²) in [7, 11) is -0.658. The maximum Gasteiger partial charge on any atom is 0.494 e. The Morgan fingerprint density at radius 2 is 0.797 bits per heavy atom. The monoisotopic (exact) mass is 2000 g/mol. The van der Waals surface area contributed by atoms with Gasteiger partial charge in [-0.05, 0) is 248 Å². The summed E-state index contributed by atoms with van der Waals surface area (Å²) in [5, 5.41) is 40.0. The molecule has 27 heteroatoms. The smallest absolute Gasteiger partial charge is 0.494 e. The third kappa shape index (κ3) is 35.5. The van der Waals surface area contributed by atoms with E-state index in [0.717, 1.165) is 118 Å². The van der Waals surface area contributed by atoms with Crippen LogP contribution < -0.4 is 36.6 Å². The van der Waals surface area contributed by atoms with Crippen molar-refractivity contribution in [1.82, 2.24) is 34.3 Å². The maximum absolute atomic E-state index is 11.9. The highest BCUT2D eigenvalue weighted by Crippen LogP contribution is 2.39. The molecule has 4 aromatic heterocycles. The van der Waals surface area contributed by atoms with Gasteiger partial charge in [0.25, 0.3) is 0 Å². The van der Waals surface area contributed by atoms with Crippen molar-refractivity contribution in [2.75, 3.05) is 56.4 Å². The average molecular weight is 2000 g/mol. The summed E-state index contributed by atoms with van der Waals surface area (Å²) in [6, 6.07) is 75.8. The van der Waals surface area contributed by atoms with Gasteiger partial charge in [0.2, 0.25) is 12.2 Å². The molecule has 0 bridgehead atoms. The third-order valence-corrected chi connectivity index (χ3v) is 24.5. The summed E-state index contributed by atoms with van der Waals surface area (Å²) in [5.74, 6) is 4.01. The Balaban J connectivity index is 0.000000189. The number of rotatable bonds is 37. The van der Waals surface area contributed by atoms with Gasteiger partial charge in [-0.15, -0.1) is 0 Å². The van der Waals surface area contributed by atoms with Crippen LogP contribution in [0.1, 0.15) is 217 Å². The highest BCUT2D eigenvalue weighted by Gasteiger charge is 2.53. The number of benzene rings is 9. The molecule has 9 aromatic carbocycles. The topological polar surface area (TPSA) is 315 Å². The normalized spacial score (nSPS) is 13.4. The Bertz CT molecular complexity index is 5680. The molecule has 2 saturated heterocycles. The number of anilines is 2. The summed E-state index contributed by atoms with van der Waals surface area (Å²) < 4.78 is 54.1. The second-order valence-electron chi connectivity index (χ2n) is 35.6. The molecule has 15 rings (SSSR count). The molecule has 0 aliphatic carbocycles. The Kier molecular flexibility index (Phi) is 45.3. The largest absolute Gasteiger partial charge is 0.508 e. The fourth-order valence-corrected chi connectivity index (χ4v) is 14.8. The first-order valence-electron chi connectivity index (χ1n) is 47.9. The number of ether oxygens (including phenoxy) is 5. The van der Waals surface area contributed by atoms with Crippen LogP contribution in [0.3, 0.4) is 0 Å². The predicted octanol–water partition coefficient (Wildman–Crippen LogP) is 22.8. The lowest BCUT2D eigenvalue weighted by molar-refractivity contribution is -0.167. The zero-order valence-electron chi connectivity index (χ0n) is 82.7. The molecule has 0 unspecified atom stereocenters. The van der Waals surface area contributed by atoms with Crippen LogP contribution in [-0.2, 0) is 65.0 Å². The minimum Gasteiger partial charge on any atom is -0.508 e. The van der Waals surface area contributed by atoms with Crippen LogP contribution in [0.25, 0.3) is 28.2 Å². The van der Waals surface area contributed by atoms with Crippen LogP contribution in [0, 0.1) is 6.92 Å². The molecule has 138 heavy (non-hydrogen) atoms. The molecule has 732 valence electrons. The van der Waals surface area contributed by atoms with E-state index in [-0.39, 0.29) is 66.4 Å². The fourth-order valence-electron chi connectivity index (χ4n) is 14.1. The van der Waals surface area contributed by atoms with Gasteiger partial charge in [0, 0.05) is 74.6 Å². The average Bonchev–Trinajstić information content (AvgIpc) is 1.63. The van der Waals surface area contributed by atoms with Gasteiger partial charge in [-0.25, -0.2) is 29.9 Å². The zero-order valence-corrected chi connectivity index (χ0v) is 85.8. The standard InChI is InChI=1S/C30H29N3O4.C22H25N3O.C17H27BO3.C14H20O3.C12H17BO3.C11H10BrN3.C5H11Br/c34-16-4-5-17-37-25-14-10-23(11-15-25)28-20-33-29(26(31-28)18-21-6-2-1-3-7-21)32-27(30(33)36)19-22-8-12-24(35)13-9-22;1-2-3-7-14-26-19-12-10-18(11-13-19)21-16-24-22(23)20(25-21)15-17-8-5-4-6-9-17;1-6-7-8-13-19-15-11-9-14(10-12-15)18-20-16(2,3)17(4,5)21-18;1-4-16-14(17-5-2)13(15)10-12-8-6-11(3)7-9-12;1-11(2)12(3,4)16-13(15-11)9-5-7-10(14)8-6-9;12-10-7-14-11(13)9(15-10)6-8-4-2-1-3-5-8;1-2-3-4-5-6/h1-3,6-15,20,34-36H,4-5,16-19H2;4-6,8-13,16H,2-3,7,14-15H2,1H3,(H2,23,24);9-12H,6-8,13H2,1-5H3;6-9,14H,4-5,10H2,1-3H3;5-8,14H,1-4H3;1-5,7H,6H2,(H2,13,14);2-5H2,1H3. The number of hydrogen-bond acceptors (Lipinski definition) is 22. The number of halogens is 2. The van der Waals surface area contributed by atoms with Gasteiger partial charge in [0.05, 0.1) is 83.1 Å². The van der Waals surface area contributed by atoms with Gasteiger partial charge >= 0.3 is 14.2 Å². The van der Waals surface area contributed by atoms with Crippen molar-refractivity contribution < 1.29 is 67.5 Å². The number of imidazole rings is 1. The van der Waals surface area contributed by atoms with E-state index in [4.69, 9.17) is 73.8 Å². The summed E-state index contributed by atoms with van der Waals surface area (Å²) in [6.45, 7) is 31.9. The van der Waals surface area contributed by atoms with Crippen LogP contribution >= 0.6 is 31.9 Å². The summed E-state index contributed by atoms with van der Waals surface area (Å²) in [6.07, 6.45) is 19.7. The number of carbonyl (C=O) groups excluding carboxylic acids is 1. The second kappa shape index (κ2) is 56.6. The van der Waals surface area contributed by atoms with Crippen LogP contribution in [0.15, 0.2) is 260 Å². The van der Waals surface area contributed by atoms with E-state index >= 15 is 0 Å². The van der Waals surface area contributed by atoms with Crippen molar-refractivity contribution >= 4 is 80.1 Å². The first-order chi connectivity index (χ1) is 66.4. The molecule has 8 N–H and O–H groups in total. The van der Waals surface area contributed by atoms with E-state index in [2.05, 4.69) is 107 Å². The number of aryl methyl sites for hydroxylation is 1. The third-order valence-electron chi connectivity index (χ3n) is 23.5. The zero-order chi connectivity index (χ0) is 99.5. The molecule has 23 nitrogen and oxygen atoms in total. The maximum atomic E-state index is 11.9. The van der Waals surface area contributed by atoms with Crippen molar-refractivity contribution in [2.24, 2.45) is 0 Å². The van der Waals surface area contributed by atoms with Crippen LogP contribution in [0.4, 0.5) is 11.6 Å². The molecule has 13 aromatic rings. The second-order valence-corrected chi connectivity index (χ2v) is 37.2. The molecule has 0 radical (unpaired) electrons. The summed E-state index contributed by atoms with van der Waals surface area (Å²) in [4.78, 5) is 39.1. The highest BCUT2D eigenvalue weighted by molar-refractivity contribution is 9.10. The number of aliphatic hydroxyl groups excluding tert-OH is 1. The SMILES string of the molecule is CC1(C)OB(c2ccc(O)cc2)OC1(C)C.CCCCCBr.CCCCCOc1ccc(-c2cnc(N)c(Cc3ccccc3)n2)cc1.CCCCCOc1ccc(B2OC(C)(C)C(C)(C)O2)cc1.CCOC(OCC)C(=O)Cc1ccc(C)cc1.Nc1ncc(Br)nc1Cc1ccccc1.OCCCCOc1ccc(-c2cn3c(O)c(Cc4ccc(O)cc4)nc3c(Cc3ccccc3)n2)cc1. The van der Waals surface area contributed by atoms with E-state index in [1.54, 1.807) is 41.1 Å². The van der Waals surface area contributed by atoms with Gasteiger partial charge in [-0.1, -0.05) is 232 Å². The minimum absolute atomic E-state index is 0.0300. The lowest BCUT2D eigenvalue weighted by Crippen LogP contribution is -2.41. The van der Waals surface area contributed by atoms with Gasteiger partial charge in [-0.2, -0.15) is 0 Å². The van der Waals surface area contributed by atoms with E-state index in [9.17, 15) is 20.1 Å². The number of phenols is 2. The number of fused-ring (bicyclic) bond motifs is 1. The quantitative estimate of drug-likeness (QED) is 0.00912. The first-order valence-corrected chi connectivity index (χ1v) is 49.8. The Morgan fingerprint density at radius 3 is 1.22 bits per heavy atom. The van der Waals surface area contributed by atoms with Crippen LogP contribution in [0.5, 0.6) is 34.6 Å². The first kappa shape index (κ1) is 110. The predicted molar refractivity (Wildman–Crippen MR) is 563 cm³/mol. The van der Waals surface area contributed by atoms with Crippen molar-refractivity contribution in [2.45, 2.75) is 228 Å². The molecule has 2 aliphatic rings. The number of hydrogen-bond donors (Lipinski definition) is 6. The van der Waals surface area contributed by atoms with Gasteiger partial charge < -0.3 is 74.2 Å². The summed E-state index contributed by atoms with van der Waals surface area (Å²) >= 11 is 6.63. The van der Waals surface area contributed by atoms with Crippen molar-refractivity contribution in [3.63, 3.8) is 0 Å². The van der Waals surface area contributed by atoms with Crippen molar-refractivity contribution in [3.05, 3.63) is 316 Å². The Morgan fingerprint density at radius 1 is 0.428 bits per heavy atom. The van der Waals surface area contributed by atoms with Gasteiger partial charge in [0.1, 0.15) is 50.7 Å². The van der Waals surface area contributed by atoms with E-state index in [1.807, 2.05) is 255 Å². The Labute approximate surface area is 834 Å². The molecular weight excluding hydrogens is 1860 g/mol.